The van der Waals surface area contributed by atoms with Crippen molar-refractivity contribution >= 4 is 34.2 Å². The standard InChI is InChI=1S/C35H35N5O3/c1-3-36-35(43)39-28-16-10-11-24(21-28)19-20-37-32(26-14-8-5-9-15-26)31-29-22-27(17-18-30(29)40-34(31)42)33(41)38-23(2)25-12-6-4-7-13-25/h4-18,21-23,40,42H,3,19-20H2,1-2H3,(H,38,41)(H2,36,39,43)/t23-/m1/s1. The van der Waals surface area contributed by atoms with Crippen molar-refractivity contribution in [3.05, 3.63) is 131 Å². The molecular weight excluding hydrogens is 538 g/mol. The van der Waals surface area contributed by atoms with Crippen LogP contribution in [0.3, 0.4) is 0 Å². The van der Waals surface area contributed by atoms with Gasteiger partial charge >= 0.3 is 6.03 Å². The highest BCUT2D eigenvalue weighted by Gasteiger charge is 2.20. The van der Waals surface area contributed by atoms with E-state index in [9.17, 15) is 14.7 Å². The molecule has 0 fully saturated rings. The molecule has 0 radical (unpaired) electrons. The van der Waals surface area contributed by atoms with Gasteiger partial charge in [0.2, 0.25) is 0 Å². The smallest absolute Gasteiger partial charge is 0.319 e. The van der Waals surface area contributed by atoms with Crippen LogP contribution < -0.4 is 16.0 Å². The number of amides is 3. The first-order valence-corrected chi connectivity index (χ1v) is 14.4. The molecule has 5 N–H and O–H groups in total. The summed E-state index contributed by atoms with van der Waals surface area (Å²) in [5, 5.41) is 20.4. The van der Waals surface area contributed by atoms with Crippen LogP contribution in [0, 0.1) is 0 Å². The number of aliphatic imine (C=N–C) groups is 1. The Balaban J connectivity index is 1.43. The van der Waals surface area contributed by atoms with E-state index in [0.717, 1.165) is 16.7 Å². The summed E-state index contributed by atoms with van der Waals surface area (Å²) in [5.74, 6) is -0.217. The van der Waals surface area contributed by atoms with Gasteiger partial charge in [-0.25, -0.2) is 4.79 Å². The van der Waals surface area contributed by atoms with Crippen LogP contribution in [0.15, 0.2) is 108 Å². The minimum absolute atomic E-state index is 0.0130. The number of urea groups is 1. The molecule has 43 heavy (non-hydrogen) atoms. The lowest BCUT2D eigenvalue weighted by Gasteiger charge is -2.14. The quantitative estimate of drug-likeness (QED) is 0.121. The van der Waals surface area contributed by atoms with E-state index in [-0.39, 0.29) is 23.9 Å². The number of anilines is 1. The molecule has 0 saturated heterocycles. The summed E-state index contributed by atoms with van der Waals surface area (Å²) >= 11 is 0. The molecule has 1 heterocycles. The number of H-pyrrole nitrogens is 1. The van der Waals surface area contributed by atoms with Crippen LogP contribution in [-0.2, 0) is 6.42 Å². The van der Waals surface area contributed by atoms with Crippen LogP contribution in [0.25, 0.3) is 10.9 Å². The maximum absolute atomic E-state index is 13.2. The highest BCUT2D eigenvalue weighted by Crippen LogP contribution is 2.31. The van der Waals surface area contributed by atoms with Gasteiger partial charge in [0.25, 0.3) is 5.91 Å². The molecule has 0 unspecified atom stereocenters. The number of nitrogens with zero attached hydrogens (tertiary/aromatic N) is 1. The maximum atomic E-state index is 13.2. The Labute approximate surface area is 250 Å². The number of nitrogens with one attached hydrogen (secondary N) is 4. The van der Waals surface area contributed by atoms with E-state index in [1.54, 1.807) is 18.2 Å². The van der Waals surface area contributed by atoms with E-state index in [4.69, 9.17) is 4.99 Å². The fraction of sp³-hybridized carbons (Fsp3) is 0.171. The average molecular weight is 574 g/mol. The highest BCUT2D eigenvalue weighted by molar-refractivity contribution is 6.21. The largest absolute Gasteiger partial charge is 0.494 e. The highest BCUT2D eigenvalue weighted by atomic mass is 16.3. The number of hydrogen-bond acceptors (Lipinski definition) is 4. The first-order chi connectivity index (χ1) is 20.9. The number of benzene rings is 4. The van der Waals surface area contributed by atoms with E-state index in [0.29, 0.717) is 52.9 Å². The lowest BCUT2D eigenvalue weighted by Crippen LogP contribution is -2.28. The van der Waals surface area contributed by atoms with Gasteiger partial charge in [-0.15, -0.1) is 0 Å². The third-order valence-corrected chi connectivity index (χ3v) is 7.16. The number of aromatic hydroxyl groups is 1. The van der Waals surface area contributed by atoms with Crippen molar-refractivity contribution in [2.24, 2.45) is 4.99 Å². The molecule has 218 valence electrons. The summed E-state index contributed by atoms with van der Waals surface area (Å²) in [4.78, 5) is 33.2. The van der Waals surface area contributed by atoms with Crippen LogP contribution in [-0.4, -0.2) is 40.8 Å². The van der Waals surface area contributed by atoms with Crippen LogP contribution in [0.4, 0.5) is 10.5 Å². The lowest BCUT2D eigenvalue weighted by atomic mass is 9.99. The van der Waals surface area contributed by atoms with Gasteiger partial charge in [0.15, 0.2) is 5.88 Å². The second-order valence-corrected chi connectivity index (χ2v) is 10.2. The van der Waals surface area contributed by atoms with Crippen molar-refractivity contribution in [3.63, 3.8) is 0 Å². The van der Waals surface area contributed by atoms with Crippen molar-refractivity contribution in [1.82, 2.24) is 15.6 Å². The molecule has 0 spiro atoms. The Hall–Kier alpha value is -5.37. The van der Waals surface area contributed by atoms with Gasteiger partial charge in [0.05, 0.1) is 17.3 Å². The molecule has 0 aliphatic heterocycles. The third kappa shape index (κ3) is 7.11. The topological polar surface area (TPSA) is 119 Å². The molecule has 3 amide bonds. The summed E-state index contributed by atoms with van der Waals surface area (Å²) < 4.78 is 0. The fourth-order valence-electron chi connectivity index (χ4n) is 5.01. The lowest BCUT2D eigenvalue weighted by molar-refractivity contribution is 0.0940. The zero-order valence-electron chi connectivity index (χ0n) is 24.2. The maximum Gasteiger partial charge on any atom is 0.319 e. The number of carbonyl (C=O) groups excluding carboxylic acids is 2. The summed E-state index contributed by atoms with van der Waals surface area (Å²) in [6.45, 7) is 4.80. The SMILES string of the molecule is CCNC(=O)Nc1cccc(CCN=C(c2ccccc2)c2c(O)[nH]c3ccc(C(=O)N[C@H](C)c4ccccc4)cc23)c1. The first-order valence-electron chi connectivity index (χ1n) is 14.4. The number of aromatic amines is 1. The average Bonchev–Trinajstić information content (AvgIpc) is 3.35. The zero-order chi connectivity index (χ0) is 30.2. The van der Waals surface area contributed by atoms with E-state index >= 15 is 0 Å². The molecule has 0 aliphatic rings. The van der Waals surface area contributed by atoms with Gasteiger partial charge in [-0.3, -0.25) is 9.79 Å². The normalized spacial score (nSPS) is 12.1. The predicted molar refractivity (Wildman–Crippen MR) is 172 cm³/mol. The molecule has 0 aliphatic carbocycles. The van der Waals surface area contributed by atoms with Crippen molar-refractivity contribution in [2.45, 2.75) is 26.3 Å². The van der Waals surface area contributed by atoms with Crippen molar-refractivity contribution in [3.8, 4) is 5.88 Å². The fourth-order valence-corrected chi connectivity index (χ4v) is 5.01. The second-order valence-electron chi connectivity index (χ2n) is 10.2. The van der Waals surface area contributed by atoms with Crippen molar-refractivity contribution < 1.29 is 14.7 Å². The van der Waals surface area contributed by atoms with Gasteiger partial charge in [0.1, 0.15) is 0 Å². The minimum atomic E-state index is -0.249. The van der Waals surface area contributed by atoms with Gasteiger partial charge in [0, 0.05) is 40.8 Å². The Kier molecular flexibility index (Phi) is 9.17. The Morgan fingerprint density at radius 1 is 0.884 bits per heavy atom. The van der Waals surface area contributed by atoms with Gasteiger partial charge in [-0.05, 0) is 61.7 Å². The van der Waals surface area contributed by atoms with Crippen molar-refractivity contribution in [2.75, 3.05) is 18.4 Å². The molecule has 0 bridgehead atoms. The first kappa shape index (κ1) is 29.1. The molecule has 4 aromatic carbocycles. The molecule has 1 aromatic heterocycles. The summed E-state index contributed by atoms with van der Waals surface area (Å²) in [6.07, 6.45) is 0.620. The number of rotatable bonds is 10. The van der Waals surface area contributed by atoms with Crippen LogP contribution in [0.2, 0.25) is 0 Å². The van der Waals surface area contributed by atoms with E-state index in [2.05, 4.69) is 20.9 Å². The van der Waals surface area contributed by atoms with E-state index in [1.165, 1.54) is 0 Å². The van der Waals surface area contributed by atoms with Gasteiger partial charge in [-0.1, -0.05) is 72.8 Å². The third-order valence-electron chi connectivity index (χ3n) is 7.16. The molecule has 5 aromatic rings. The molecule has 8 nitrogen and oxygen atoms in total. The monoisotopic (exact) mass is 573 g/mol. The number of carbonyl (C=O) groups is 2. The molecular formula is C35H35N5O3. The second kappa shape index (κ2) is 13.5. The van der Waals surface area contributed by atoms with Gasteiger partial charge < -0.3 is 26.0 Å². The molecule has 5 rings (SSSR count). The summed E-state index contributed by atoms with van der Waals surface area (Å²) in [7, 11) is 0. The van der Waals surface area contributed by atoms with E-state index in [1.807, 2.05) is 98.8 Å². The van der Waals surface area contributed by atoms with Gasteiger partial charge in [-0.2, -0.15) is 0 Å². The van der Waals surface area contributed by atoms with Crippen LogP contribution >= 0.6 is 0 Å². The summed E-state index contributed by atoms with van der Waals surface area (Å²) in [6, 6.07) is 32.1. The van der Waals surface area contributed by atoms with Crippen LogP contribution in [0.1, 0.15) is 52.5 Å². The zero-order valence-corrected chi connectivity index (χ0v) is 24.2. The molecule has 1 atom stereocenters. The van der Waals surface area contributed by atoms with Crippen molar-refractivity contribution in [1.29, 1.82) is 0 Å². The number of fused-ring (bicyclic) bond motifs is 1. The minimum Gasteiger partial charge on any atom is -0.494 e. The Morgan fingerprint density at radius 2 is 1.63 bits per heavy atom. The Morgan fingerprint density at radius 3 is 2.37 bits per heavy atom. The Bertz CT molecular complexity index is 1750. The van der Waals surface area contributed by atoms with Crippen LogP contribution in [0.5, 0.6) is 5.88 Å². The molecule has 8 heteroatoms. The predicted octanol–water partition coefficient (Wildman–Crippen LogP) is 6.59. The number of hydrogen-bond donors (Lipinski definition) is 5. The molecule has 0 saturated carbocycles. The number of aromatic nitrogens is 1. The summed E-state index contributed by atoms with van der Waals surface area (Å²) in [5.41, 5.74) is 5.93. The van der Waals surface area contributed by atoms with E-state index < -0.39 is 0 Å².